The Morgan fingerprint density at radius 1 is 1.32 bits per heavy atom. The molecule has 0 aliphatic heterocycles. The summed E-state index contributed by atoms with van der Waals surface area (Å²) in [5, 5.41) is 20.0. The number of carbonyl (C=O) groups excluding carboxylic acids is 1. The first-order chi connectivity index (χ1) is 9.06. The molecule has 0 aromatic heterocycles. The van der Waals surface area contributed by atoms with E-state index in [1.54, 1.807) is 11.0 Å². The van der Waals surface area contributed by atoms with E-state index in [1.807, 2.05) is 13.8 Å². The van der Waals surface area contributed by atoms with E-state index in [-0.39, 0.29) is 29.0 Å². The van der Waals surface area contributed by atoms with E-state index < -0.39 is 0 Å². The van der Waals surface area contributed by atoms with Crippen molar-refractivity contribution in [2.24, 2.45) is 0 Å². The van der Waals surface area contributed by atoms with Crippen LogP contribution in [0.1, 0.15) is 37.0 Å². The maximum atomic E-state index is 12.5. The van der Waals surface area contributed by atoms with Crippen LogP contribution in [0.3, 0.4) is 0 Å². The molecule has 1 aromatic rings. The van der Waals surface area contributed by atoms with Gasteiger partial charge in [0.1, 0.15) is 0 Å². The van der Waals surface area contributed by atoms with Crippen LogP contribution in [-0.4, -0.2) is 38.9 Å². The maximum absolute atomic E-state index is 12.5. The third kappa shape index (κ3) is 3.62. The topological polar surface area (TPSA) is 60.8 Å². The quantitative estimate of drug-likeness (QED) is 0.622. The summed E-state index contributed by atoms with van der Waals surface area (Å²) in [5.41, 5.74) is 0.146. The highest BCUT2D eigenvalue weighted by Crippen LogP contribution is 2.30. The number of alkyl halides is 1. The van der Waals surface area contributed by atoms with Crippen LogP contribution in [0.4, 0.5) is 0 Å². The maximum Gasteiger partial charge on any atom is 0.258 e. The Kier molecular flexibility index (Phi) is 6.15. The number of para-hydroxylation sites is 1. The van der Waals surface area contributed by atoms with Gasteiger partial charge in [-0.05, 0) is 25.0 Å². The molecule has 2 N–H and O–H groups in total. The number of nitrogens with zero attached hydrogens (tertiary/aromatic N) is 1. The monoisotopic (exact) mass is 329 g/mol. The number of benzene rings is 1. The van der Waals surface area contributed by atoms with Gasteiger partial charge in [-0.1, -0.05) is 35.8 Å². The van der Waals surface area contributed by atoms with Gasteiger partial charge in [-0.2, -0.15) is 0 Å². The van der Waals surface area contributed by atoms with E-state index in [0.29, 0.717) is 11.9 Å². The third-order valence-corrected chi connectivity index (χ3v) is 3.57. The summed E-state index contributed by atoms with van der Waals surface area (Å²) >= 11 is 3.34. The number of halogens is 1. The predicted octanol–water partition coefficient (Wildman–Crippen LogP) is 3.12. The van der Waals surface area contributed by atoms with Gasteiger partial charge >= 0.3 is 0 Å². The van der Waals surface area contributed by atoms with Gasteiger partial charge in [0.25, 0.3) is 5.91 Å². The Balaban J connectivity index is 3.08. The largest absolute Gasteiger partial charge is 0.504 e. The van der Waals surface area contributed by atoms with Crippen molar-refractivity contribution < 1.29 is 15.0 Å². The molecule has 0 bridgehead atoms. The molecule has 0 radical (unpaired) electrons. The summed E-state index contributed by atoms with van der Waals surface area (Å²) < 4.78 is 0. The number of aromatic hydroxyl groups is 2. The van der Waals surface area contributed by atoms with Gasteiger partial charge in [-0.25, -0.2) is 0 Å². The summed E-state index contributed by atoms with van der Waals surface area (Å²) in [6.07, 6.45) is 1.71. The van der Waals surface area contributed by atoms with Crippen molar-refractivity contribution in [2.45, 2.75) is 32.7 Å². The first-order valence-corrected chi connectivity index (χ1v) is 7.56. The molecule has 0 atom stereocenters. The molecule has 0 saturated heterocycles. The molecule has 0 aliphatic rings. The SMILES string of the molecule is CCC(CC)N(CCBr)C(=O)c1cccc(O)c1O. The fourth-order valence-electron chi connectivity index (χ4n) is 2.13. The molecular weight excluding hydrogens is 310 g/mol. The van der Waals surface area contributed by atoms with Crippen LogP contribution in [0.5, 0.6) is 11.5 Å². The van der Waals surface area contributed by atoms with Crippen LogP contribution in [0, 0.1) is 0 Å². The van der Waals surface area contributed by atoms with E-state index in [4.69, 9.17) is 0 Å². The van der Waals surface area contributed by atoms with Gasteiger partial charge in [0, 0.05) is 17.9 Å². The Morgan fingerprint density at radius 2 is 1.95 bits per heavy atom. The normalized spacial score (nSPS) is 10.7. The highest BCUT2D eigenvalue weighted by molar-refractivity contribution is 9.09. The molecule has 19 heavy (non-hydrogen) atoms. The van der Waals surface area contributed by atoms with Crippen molar-refractivity contribution in [3.8, 4) is 11.5 Å². The molecule has 4 nitrogen and oxygen atoms in total. The predicted molar refractivity (Wildman–Crippen MR) is 79.0 cm³/mol. The lowest BCUT2D eigenvalue weighted by Crippen LogP contribution is -2.41. The molecule has 0 aliphatic carbocycles. The molecule has 1 aromatic carbocycles. The van der Waals surface area contributed by atoms with Gasteiger partial charge in [0.05, 0.1) is 5.56 Å². The number of hydrogen-bond donors (Lipinski definition) is 2. The van der Waals surface area contributed by atoms with E-state index in [0.717, 1.165) is 12.8 Å². The second kappa shape index (κ2) is 7.38. The first-order valence-electron chi connectivity index (χ1n) is 6.44. The molecule has 0 spiro atoms. The van der Waals surface area contributed by atoms with E-state index in [2.05, 4.69) is 15.9 Å². The summed E-state index contributed by atoms with van der Waals surface area (Å²) in [6.45, 7) is 4.64. The van der Waals surface area contributed by atoms with Crippen molar-refractivity contribution in [3.05, 3.63) is 23.8 Å². The minimum Gasteiger partial charge on any atom is -0.504 e. The number of carbonyl (C=O) groups is 1. The molecular formula is C14H20BrNO3. The zero-order chi connectivity index (χ0) is 14.4. The second-order valence-corrected chi connectivity index (χ2v) is 5.12. The summed E-state index contributed by atoms with van der Waals surface area (Å²) in [4.78, 5) is 14.2. The highest BCUT2D eigenvalue weighted by atomic mass is 79.9. The van der Waals surface area contributed by atoms with Crippen LogP contribution in [0.15, 0.2) is 18.2 Å². The average molecular weight is 330 g/mol. The minimum absolute atomic E-state index is 0.131. The molecule has 106 valence electrons. The standard InChI is InChI=1S/C14H20BrNO3/c1-3-10(4-2)16(9-8-15)14(19)11-6-5-7-12(17)13(11)18/h5-7,10,17-18H,3-4,8-9H2,1-2H3. The molecule has 5 heteroatoms. The lowest BCUT2D eigenvalue weighted by molar-refractivity contribution is 0.0679. The smallest absolute Gasteiger partial charge is 0.258 e. The fourth-order valence-corrected chi connectivity index (χ4v) is 2.51. The zero-order valence-electron chi connectivity index (χ0n) is 11.3. The molecule has 0 heterocycles. The third-order valence-electron chi connectivity index (χ3n) is 3.21. The van der Waals surface area contributed by atoms with E-state index in [9.17, 15) is 15.0 Å². The minimum atomic E-state index is -0.349. The van der Waals surface area contributed by atoms with Crippen molar-refractivity contribution >= 4 is 21.8 Å². The van der Waals surface area contributed by atoms with Crippen LogP contribution in [0.25, 0.3) is 0 Å². The number of amides is 1. The van der Waals surface area contributed by atoms with E-state index >= 15 is 0 Å². The van der Waals surface area contributed by atoms with Crippen LogP contribution >= 0.6 is 15.9 Å². The summed E-state index contributed by atoms with van der Waals surface area (Å²) in [7, 11) is 0. The Bertz CT molecular complexity index is 433. The Hall–Kier alpha value is -1.23. The average Bonchev–Trinajstić information content (AvgIpc) is 2.41. The van der Waals surface area contributed by atoms with Crippen molar-refractivity contribution in [2.75, 3.05) is 11.9 Å². The molecule has 0 fully saturated rings. The lowest BCUT2D eigenvalue weighted by Gasteiger charge is -2.30. The summed E-state index contributed by atoms with van der Waals surface area (Å²) in [5.74, 6) is -0.867. The Labute approximate surface area is 122 Å². The first kappa shape index (κ1) is 15.8. The fraction of sp³-hybridized carbons (Fsp3) is 0.500. The number of phenols is 2. The van der Waals surface area contributed by atoms with Crippen molar-refractivity contribution in [3.63, 3.8) is 0 Å². The van der Waals surface area contributed by atoms with Gasteiger partial charge < -0.3 is 15.1 Å². The second-order valence-electron chi connectivity index (χ2n) is 4.33. The molecule has 1 amide bonds. The van der Waals surface area contributed by atoms with Crippen molar-refractivity contribution in [1.29, 1.82) is 0 Å². The molecule has 0 saturated carbocycles. The lowest BCUT2D eigenvalue weighted by atomic mass is 10.1. The highest BCUT2D eigenvalue weighted by Gasteiger charge is 2.24. The zero-order valence-corrected chi connectivity index (χ0v) is 12.9. The number of rotatable bonds is 6. The van der Waals surface area contributed by atoms with Gasteiger partial charge in [0.2, 0.25) is 0 Å². The van der Waals surface area contributed by atoms with E-state index in [1.165, 1.54) is 12.1 Å². The van der Waals surface area contributed by atoms with Crippen LogP contribution < -0.4 is 0 Å². The number of hydrogen-bond acceptors (Lipinski definition) is 3. The van der Waals surface area contributed by atoms with Crippen LogP contribution in [0.2, 0.25) is 0 Å². The van der Waals surface area contributed by atoms with Gasteiger partial charge in [-0.3, -0.25) is 4.79 Å². The van der Waals surface area contributed by atoms with Gasteiger partial charge in [-0.15, -0.1) is 0 Å². The molecule has 1 rings (SSSR count). The number of phenolic OH excluding ortho intramolecular Hbond substituents is 2. The Morgan fingerprint density at radius 3 is 2.47 bits per heavy atom. The van der Waals surface area contributed by atoms with Gasteiger partial charge in [0.15, 0.2) is 11.5 Å². The van der Waals surface area contributed by atoms with Crippen LogP contribution in [-0.2, 0) is 0 Å². The summed E-state index contributed by atoms with van der Waals surface area (Å²) in [6, 6.07) is 4.58. The molecule has 0 unspecified atom stereocenters. The van der Waals surface area contributed by atoms with Crippen molar-refractivity contribution in [1.82, 2.24) is 4.90 Å².